The van der Waals surface area contributed by atoms with E-state index < -0.39 is 8.07 Å². The Morgan fingerprint density at radius 1 is 0.425 bits per heavy atom. The number of fused-ring (bicyclic) bond motifs is 5. The molecule has 40 heavy (non-hydrogen) atoms. The van der Waals surface area contributed by atoms with Crippen molar-refractivity contribution in [2.75, 3.05) is 0 Å². The van der Waals surface area contributed by atoms with Crippen LogP contribution in [0.25, 0.3) is 65.0 Å². The van der Waals surface area contributed by atoms with Gasteiger partial charge < -0.3 is 4.57 Å². The first kappa shape index (κ1) is 23.2. The molecule has 8 rings (SSSR count). The lowest BCUT2D eigenvalue weighted by Gasteiger charge is -2.29. The summed E-state index contributed by atoms with van der Waals surface area (Å²) in [5.74, 6) is 0. The average molecular weight is 528 g/mol. The maximum absolute atomic E-state index is 2.54. The van der Waals surface area contributed by atoms with Gasteiger partial charge in [0.25, 0.3) is 0 Å². The summed E-state index contributed by atoms with van der Waals surface area (Å²) in [6, 6.07) is 46.6. The lowest BCUT2D eigenvalue weighted by Crippen LogP contribution is -2.31. The van der Waals surface area contributed by atoms with E-state index in [9.17, 15) is 0 Å². The fourth-order valence-corrected chi connectivity index (χ4v) is 9.95. The maximum Gasteiger partial charge on any atom is 0.134 e. The first-order valence-electron chi connectivity index (χ1n) is 14.1. The van der Waals surface area contributed by atoms with E-state index in [1.54, 1.807) is 0 Å². The van der Waals surface area contributed by atoms with Gasteiger partial charge in [-0.1, -0.05) is 134 Å². The molecule has 0 fully saturated rings. The van der Waals surface area contributed by atoms with Crippen molar-refractivity contribution in [2.45, 2.75) is 13.1 Å². The second-order valence-corrected chi connectivity index (χ2v) is 15.6. The van der Waals surface area contributed by atoms with Crippen LogP contribution < -0.4 is 0 Å². The van der Waals surface area contributed by atoms with Gasteiger partial charge in [-0.2, -0.15) is 0 Å². The van der Waals surface area contributed by atoms with Crippen LogP contribution >= 0.6 is 0 Å². The molecule has 7 aromatic rings. The van der Waals surface area contributed by atoms with Crippen LogP contribution in [0.15, 0.2) is 140 Å². The molecule has 0 unspecified atom stereocenters. The van der Waals surface area contributed by atoms with Crippen molar-refractivity contribution in [2.24, 2.45) is 0 Å². The standard InChI is InChI=1S/C38H29NSi/c1-40(2)35(24-25-36(40)39-33-22-12-10-16-27(33)28-17-11-13-23-34(28)39)38-31-20-8-6-18-29(31)37(26-14-4-3-5-15-26)30-19-7-9-21-32(30)38/h3-25H,1-2H3. The molecule has 190 valence electrons. The summed E-state index contributed by atoms with van der Waals surface area (Å²) in [7, 11) is -2.12. The lowest BCUT2D eigenvalue weighted by atomic mass is 9.88. The molecule has 1 aromatic heterocycles. The highest BCUT2D eigenvalue weighted by Gasteiger charge is 2.38. The summed E-state index contributed by atoms with van der Waals surface area (Å²) < 4.78 is 2.54. The molecule has 0 radical (unpaired) electrons. The number of allylic oxidation sites excluding steroid dienone is 2. The number of para-hydroxylation sites is 2. The van der Waals surface area contributed by atoms with Crippen LogP contribution in [-0.4, -0.2) is 12.6 Å². The van der Waals surface area contributed by atoms with E-state index in [1.807, 2.05) is 0 Å². The molecule has 0 atom stereocenters. The highest BCUT2D eigenvalue weighted by atomic mass is 28.3. The van der Waals surface area contributed by atoms with Gasteiger partial charge in [-0.05, 0) is 61.6 Å². The van der Waals surface area contributed by atoms with Crippen LogP contribution in [-0.2, 0) is 0 Å². The fraction of sp³-hybridized carbons (Fsp3) is 0.0526. The number of benzene rings is 6. The minimum atomic E-state index is -2.12. The smallest absolute Gasteiger partial charge is 0.134 e. The predicted octanol–water partition coefficient (Wildman–Crippen LogP) is 10.5. The Balaban J connectivity index is 1.40. The van der Waals surface area contributed by atoms with Crippen LogP contribution in [0.1, 0.15) is 5.56 Å². The highest BCUT2D eigenvalue weighted by molar-refractivity contribution is 7.08. The topological polar surface area (TPSA) is 4.93 Å². The Labute approximate surface area is 235 Å². The van der Waals surface area contributed by atoms with Crippen LogP contribution in [0.2, 0.25) is 13.1 Å². The van der Waals surface area contributed by atoms with Gasteiger partial charge in [-0.15, -0.1) is 0 Å². The van der Waals surface area contributed by atoms with Gasteiger partial charge in [0.05, 0.1) is 11.0 Å². The van der Waals surface area contributed by atoms with Crippen molar-refractivity contribution >= 4 is 61.9 Å². The maximum atomic E-state index is 2.54. The van der Waals surface area contributed by atoms with Crippen LogP contribution in [0.5, 0.6) is 0 Å². The zero-order valence-electron chi connectivity index (χ0n) is 22.7. The third-order valence-corrected chi connectivity index (χ3v) is 12.2. The van der Waals surface area contributed by atoms with Crippen LogP contribution in [0.4, 0.5) is 0 Å². The first-order valence-corrected chi connectivity index (χ1v) is 17.1. The molecule has 0 amide bonds. The molecule has 0 bridgehead atoms. The molecule has 1 aliphatic rings. The molecule has 0 saturated heterocycles. The molecule has 0 N–H and O–H groups in total. The van der Waals surface area contributed by atoms with E-state index >= 15 is 0 Å². The normalized spacial score (nSPS) is 14.8. The van der Waals surface area contributed by atoms with Gasteiger partial charge in [0.15, 0.2) is 0 Å². The van der Waals surface area contributed by atoms with Crippen molar-refractivity contribution in [3.8, 4) is 11.1 Å². The second-order valence-electron chi connectivity index (χ2n) is 11.3. The van der Waals surface area contributed by atoms with E-state index in [0.29, 0.717) is 0 Å². The zero-order valence-corrected chi connectivity index (χ0v) is 23.7. The van der Waals surface area contributed by atoms with Gasteiger partial charge in [0.2, 0.25) is 0 Å². The van der Waals surface area contributed by atoms with E-state index in [0.717, 1.165) is 0 Å². The fourth-order valence-electron chi connectivity index (χ4n) is 6.98. The molecule has 0 spiro atoms. The van der Waals surface area contributed by atoms with Crippen molar-refractivity contribution in [1.82, 2.24) is 4.57 Å². The Hall–Kier alpha value is -4.66. The molecule has 0 saturated carbocycles. The van der Waals surface area contributed by atoms with Crippen LogP contribution in [0, 0.1) is 0 Å². The summed E-state index contributed by atoms with van der Waals surface area (Å²) in [6.07, 6.45) is 4.84. The summed E-state index contributed by atoms with van der Waals surface area (Å²) >= 11 is 0. The molecule has 0 aliphatic carbocycles. The third kappa shape index (κ3) is 3.20. The lowest BCUT2D eigenvalue weighted by molar-refractivity contribution is 1.26. The molecule has 2 heteroatoms. The van der Waals surface area contributed by atoms with E-state index in [4.69, 9.17) is 0 Å². The van der Waals surface area contributed by atoms with Gasteiger partial charge in [-0.3, -0.25) is 0 Å². The van der Waals surface area contributed by atoms with Gasteiger partial charge in [0.1, 0.15) is 8.07 Å². The number of hydrogen-bond acceptors (Lipinski definition) is 0. The number of hydrogen-bond donors (Lipinski definition) is 0. The zero-order chi connectivity index (χ0) is 26.8. The summed E-state index contributed by atoms with van der Waals surface area (Å²) in [5.41, 5.74) is 6.57. The molecular formula is C38H29NSi. The Morgan fingerprint density at radius 3 is 1.38 bits per heavy atom. The largest absolute Gasteiger partial charge is 0.317 e. The minimum Gasteiger partial charge on any atom is -0.317 e. The SMILES string of the molecule is C[Si]1(C)C(c2c3ccccc3c(-c3ccccc3)c3ccccc23)=CC=C1n1c2ccccc2c2ccccc21. The monoisotopic (exact) mass is 527 g/mol. The van der Waals surface area contributed by atoms with Crippen molar-refractivity contribution < 1.29 is 0 Å². The van der Waals surface area contributed by atoms with E-state index in [2.05, 4.69) is 157 Å². The van der Waals surface area contributed by atoms with Crippen molar-refractivity contribution in [1.29, 1.82) is 0 Å². The third-order valence-electron chi connectivity index (χ3n) is 8.81. The molecule has 6 aromatic carbocycles. The molecular weight excluding hydrogens is 499 g/mol. The summed E-state index contributed by atoms with van der Waals surface area (Å²) in [5, 5.41) is 10.9. The Morgan fingerprint density at radius 2 is 0.850 bits per heavy atom. The van der Waals surface area contributed by atoms with E-state index in [1.165, 1.54) is 70.6 Å². The molecule has 1 nitrogen and oxygen atoms in total. The Bertz CT molecular complexity index is 2070. The minimum absolute atomic E-state index is 1.27. The molecule has 1 aliphatic heterocycles. The predicted molar refractivity (Wildman–Crippen MR) is 176 cm³/mol. The van der Waals surface area contributed by atoms with Crippen molar-refractivity contribution in [3.05, 3.63) is 145 Å². The highest BCUT2D eigenvalue weighted by Crippen LogP contribution is 2.48. The van der Waals surface area contributed by atoms with Crippen LogP contribution in [0.3, 0.4) is 0 Å². The van der Waals surface area contributed by atoms with Gasteiger partial charge in [-0.25, -0.2) is 0 Å². The Kier molecular flexibility index (Phi) is 5.04. The molecule has 2 heterocycles. The average Bonchev–Trinajstić information content (AvgIpc) is 3.49. The van der Waals surface area contributed by atoms with Gasteiger partial charge >= 0.3 is 0 Å². The first-order chi connectivity index (χ1) is 19.6. The van der Waals surface area contributed by atoms with Crippen molar-refractivity contribution in [3.63, 3.8) is 0 Å². The van der Waals surface area contributed by atoms with E-state index in [-0.39, 0.29) is 0 Å². The van der Waals surface area contributed by atoms with Gasteiger partial charge in [0, 0.05) is 16.1 Å². The summed E-state index contributed by atoms with van der Waals surface area (Å²) in [4.78, 5) is 0. The summed E-state index contributed by atoms with van der Waals surface area (Å²) in [6.45, 7) is 5.05. The second kappa shape index (κ2) is 8.67. The number of nitrogens with zero attached hydrogens (tertiary/aromatic N) is 1. The number of rotatable bonds is 3. The quantitative estimate of drug-likeness (QED) is 0.159. The number of aromatic nitrogens is 1.